The van der Waals surface area contributed by atoms with Gasteiger partial charge in [-0.3, -0.25) is 4.90 Å². The normalized spacial score (nSPS) is 27.2. The number of rotatable bonds is 3. The molecule has 0 aromatic heterocycles. The first-order chi connectivity index (χ1) is 11.4. The van der Waals surface area contributed by atoms with Gasteiger partial charge in [-0.1, -0.05) is 19.1 Å². The molecule has 2 atom stereocenters. The van der Waals surface area contributed by atoms with Crippen molar-refractivity contribution in [3.05, 3.63) is 46.7 Å². The molecule has 0 saturated carbocycles. The lowest BCUT2D eigenvalue weighted by Crippen LogP contribution is -2.49. The summed E-state index contributed by atoms with van der Waals surface area (Å²) in [5, 5.41) is 20.9. The molecule has 1 aliphatic carbocycles. The van der Waals surface area contributed by atoms with Crippen LogP contribution in [-0.4, -0.2) is 41.9 Å². The summed E-state index contributed by atoms with van der Waals surface area (Å²) >= 11 is 0. The number of methoxy groups -OCH3 is 1. The molecule has 0 radical (unpaired) electrons. The van der Waals surface area contributed by atoms with Gasteiger partial charge in [0.25, 0.3) is 0 Å². The Balaban J connectivity index is 2.26. The number of fused-ring (bicyclic) bond motifs is 1. The predicted molar refractivity (Wildman–Crippen MR) is 95.3 cm³/mol. The van der Waals surface area contributed by atoms with Crippen LogP contribution in [0.15, 0.2) is 35.6 Å². The lowest BCUT2D eigenvalue weighted by atomic mass is 9.61. The molecule has 4 heteroatoms. The van der Waals surface area contributed by atoms with Crippen molar-refractivity contribution >= 4 is 0 Å². The van der Waals surface area contributed by atoms with E-state index in [9.17, 15) is 10.2 Å². The average molecular weight is 329 g/mol. The van der Waals surface area contributed by atoms with E-state index in [1.807, 2.05) is 12.1 Å². The number of aryl methyl sites for hydroxylation is 1. The molecule has 0 spiro atoms. The van der Waals surface area contributed by atoms with E-state index in [4.69, 9.17) is 4.74 Å². The second-order valence-corrected chi connectivity index (χ2v) is 6.95. The van der Waals surface area contributed by atoms with Gasteiger partial charge >= 0.3 is 0 Å². The Morgan fingerprint density at radius 3 is 2.71 bits per heavy atom. The monoisotopic (exact) mass is 329 g/mol. The first kappa shape index (κ1) is 16.9. The molecule has 1 aromatic rings. The van der Waals surface area contributed by atoms with Crippen molar-refractivity contribution in [2.24, 2.45) is 0 Å². The Morgan fingerprint density at radius 2 is 2.04 bits per heavy atom. The lowest BCUT2D eigenvalue weighted by molar-refractivity contribution is 0.167. The van der Waals surface area contributed by atoms with Gasteiger partial charge in [-0.25, -0.2) is 0 Å². The summed E-state index contributed by atoms with van der Waals surface area (Å²) in [6.45, 7) is 5.23. The van der Waals surface area contributed by atoms with E-state index in [0.717, 1.165) is 42.7 Å². The van der Waals surface area contributed by atoms with Gasteiger partial charge in [-0.15, -0.1) is 0 Å². The number of ether oxygens (including phenoxy) is 1. The van der Waals surface area contributed by atoms with Crippen molar-refractivity contribution in [1.82, 2.24) is 4.90 Å². The molecule has 1 aromatic carbocycles. The van der Waals surface area contributed by atoms with Crippen molar-refractivity contribution in [2.75, 3.05) is 20.7 Å². The number of benzene rings is 1. The second-order valence-electron chi connectivity index (χ2n) is 6.95. The molecule has 2 aliphatic rings. The highest BCUT2D eigenvalue weighted by atomic mass is 16.5. The van der Waals surface area contributed by atoms with Crippen molar-refractivity contribution in [1.29, 1.82) is 0 Å². The molecule has 2 N–H and O–H groups in total. The highest BCUT2D eigenvalue weighted by molar-refractivity contribution is 5.59. The Morgan fingerprint density at radius 1 is 1.29 bits per heavy atom. The highest BCUT2D eigenvalue weighted by Gasteiger charge is 2.47. The molecule has 1 saturated heterocycles. The quantitative estimate of drug-likeness (QED) is 0.834. The number of hydrogen-bond donors (Lipinski definition) is 2. The molecule has 1 heterocycles. The van der Waals surface area contributed by atoms with Crippen molar-refractivity contribution < 1.29 is 14.9 Å². The number of likely N-dealkylation sites (tertiary alicyclic amines) is 1. The van der Waals surface area contributed by atoms with Crippen LogP contribution in [0, 0.1) is 0 Å². The number of aromatic hydroxyl groups is 2. The minimum Gasteiger partial charge on any atom is -0.504 e. The van der Waals surface area contributed by atoms with E-state index in [2.05, 4.69) is 31.9 Å². The number of nitrogens with zero attached hydrogens (tertiary/aromatic N) is 1. The fourth-order valence-corrected chi connectivity index (χ4v) is 4.32. The van der Waals surface area contributed by atoms with Crippen LogP contribution in [0.1, 0.15) is 37.8 Å². The molecule has 1 fully saturated rings. The Bertz CT molecular complexity index is 707. The minimum atomic E-state index is -0.319. The summed E-state index contributed by atoms with van der Waals surface area (Å²) in [5.41, 5.74) is 2.93. The van der Waals surface area contributed by atoms with Crippen LogP contribution in [0.2, 0.25) is 0 Å². The summed E-state index contributed by atoms with van der Waals surface area (Å²) in [6.07, 6.45) is 6.61. The van der Waals surface area contributed by atoms with E-state index in [-0.39, 0.29) is 23.0 Å². The Hall–Kier alpha value is -1.94. The van der Waals surface area contributed by atoms with Gasteiger partial charge < -0.3 is 14.9 Å². The third-order valence-corrected chi connectivity index (χ3v) is 5.84. The predicted octanol–water partition coefficient (Wildman–Crippen LogP) is 3.48. The van der Waals surface area contributed by atoms with Gasteiger partial charge in [0.05, 0.1) is 12.9 Å². The maximum atomic E-state index is 10.8. The summed E-state index contributed by atoms with van der Waals surface area (Å²) < 4.78 is 5.55. The number of hydrogen-bond acceptors (Lipinski definition) is 4. The topological polar surface area (TPSA) is 52.9 Å². The van der Waals surface area contributed by atoms with Crippen molar-refractivity contribution in [2.45, 2.75) is 44.6 Å². The Kier molecular flexibility index (Phi) is 4.35. The van der Waals surface area contributed by atoms with Crippen molar-refractivity contribution in [3.63, 3.8) is 0 Å². The van der Waals surface area contributed by atoms with E-state index in [0.29, 0.717) is 0 Å². The zero-order valence-electron chi connectivity index (χ0n) is 15.0. The summed E-state index contributed by atoms with van der Waals surface area (Å²) in [4.78, 5) is 2.33. The summed E-state index contributed by atoms with van der Waals surface area (Å²) in [7, 11) is 3.83. The van der Waals surface area contributed by atoms with Crippen molar-refractivity contribution in [3.8, 4) is 11.5 Å². The highest BCUT2D eigenvalue weighted by Crippen LogP contribution is 2.53. The standard InChI is InChI=1S/C20H27NO3/c1-5-14-6-9-17(22)19(23)18(14)20-10-11-21(3)13(2)16(20)8-7-15(12-20)24-4/h6-9,13,22-23H,5,10-12H2,1-4H3. The van der Waals surface area contributed by atoms with E-state index in [1.54, 1.807) is 13.2 Å². The van der Waals surface area contributed by atoms with E-state index >= 15 is 0 Å². The third-order valence-electron chi connectivity index (χ3n) is 5.84. The molecule has 0 amide bonds. The zero-order valence-corrected chi connectivity index (χ0v) is 15.0. The maximum Gasteiger partial charge on any atom is 0.161 e. The van der Waals surface area contributed by atoms with Gasteiger partial charge in [0.15, 0.2) is 11.5 Å². The van der Waals surface area contributed by atoms with Gasteiger partial charge in [0.2, 0.25) is 0 Å². The first-order valence-electron chi connectivity index (χ1n) is 8.64. The third kappa shape index (κ3) is 2.40. The maximum absolute atomic E-state index is 10.8. The van der Waals surface area contributed by atoms with Gasteiger partial charge in [0.1, 0.15) is 0 Å². The van der Waals surface area contributed by atoms with Crippen LogP contribution in [-0.2, 0) is 16.6 Å². The van der Waals surface area contributed by atoms with Crippen LogP contribution >= 0.6 is 0 Å². The Labute approximate surface area is 144 Å². The molecule has 24 heavy (non-hydrogen) atoms. The number of phenolic OH excluding ortho intramolecular Hbond substituents is 2. The van der Waals surface area contributed by atoms with Gasteiger partial charge in [0, 0.05) is 23.4 Å². The second kappa shape index (κ2) is 6.17. The fraction of sp³-hybridized carbons (Fsp3) is 0.500. The SMILES string of the molecule is CCc1ccc(O)c(O)c1C12CCN(C)C(C)C1=CC=C(OC)C2. The first-order valence-corrected chi connectivity index (χ1v) is 8.64. The molecule has 130 valence electrons. The minimum absolute atomic E-state index is 0.0226. The lowest BCUT2D eigenvalue weighted by Gasteiger charge is -2.49. The molecular weight excluding hydrogens is 302 g/mol. The number of piperidine rings is 1. The molecule has 2 unspecified atom stereocenters. The largest absolute Gasteiger partial charge is 0.504 e. The van der Waals surface area contributed by atoms with Crippen LogP contribution in [0.5, 0.6) is 11.5 Å². The van der Waals surface area contributed by atoms with Crippen LogP contribution in [0.25, 0.3) is 0 Å². The molecule has 1 aliphatic heterocycles. The summed E-state index contributed by atoms with van der Waals surface area (Å²) in [6, 6.07) is 3.80. The number of allylic oxidation sites excluding steroid dienone is 3. The van der Waals surface area contributed by atoms with Gasteiger partial charge in [-0.05, 0) is 56.6 Å². The van der Waals surface area contributed by atoms with E-state index < -0.39 is 0 Å². The number of likely N-dealkylation sites (N-methyl/N-ethyl adjacent to an activating group) is 1. The summed E-state index contributed by atoms with van der Waals surface area (Å²) in [5.74, 6) is 0.894. The van der Waals surface area contributed by atoms with E-state index in [1.165, 1.54) is 5.57 Å². The van der Waals surface area contributed by atoms with Gasteiger partial charge in [-0.2, -0.15) is 0 Å². The fourth-order valence-electron chi connectivity index (χ4n) is 4.32. The molecule has 0 bridgehead atoms. The molecule has 4 nitrogen and oxygen atoms in total. The zero-order chi connectivity index (χ0) is 17.5. The van der Waals surface area contributed by atoms with Crippen LogP contribution in [0.4, 0.5) is 0 Å². The smallest absolute Gasteiger partial charge is 0.161 e. The van der Waals surface area contributed by atoms with Crippen LogP contribution < -0.4 is 0 Å². The molecule has 3 rings (SSSR count). The average Bonchev–Trinajstić information content (AvgIpc) is 2.60. The molecular formula is C20H27NO3. The van der Waals surface area contributed by atoms with Crippen LogP contribution in [0.3, 0.4) is 0 Å². The number of phenols is 2.